The second-order valence-corrected chi connectivity index (χ2v) is 8.96. The van der Waals surface area contributed by atoms with E-state index in [1.165, 1.54) is 20.1 Å². The molecule has 1 atom stereocenters. The number of carbonyl (C=O) groups excluding carboxylic acids is 3. The molecule has 1 aromatic heterocycles. The minimum atomic E-state index is -0.978. The summed E-state index contributed by atoms with van der Waals surface area (Å²) in [5.41, 5.74) is 1.03. The summed E-state index contributed by atoms with van der Waals surface area (Å²) >= 11 is 6.48. The third-order valence-electron chi connectivity index (χ3n) is 5.78. The Kier molecular flexibility index (Phi) is 8.06. The average molecular weight is 544 g/mol. The lowest BCUT2D eigenvalue weighted by Crippen LogP contribution is -2.30. The molecule has 198 valence electrons. The molecule has 0 aliphatic carbocycles. The van der Waals surface area contributed by atoms with Crippen LogP contribution in [0, 0.1) is 18.6 Å². The van der Waals surface area contributed by atoms with E-state index >= 15 is 0 Å². The van der Waals surface area contributed by atoms with Crippen LogP contribution in [-0.2, 0) is 9.53 Å². The van der Waals surface area contributed by atoms with Gasteiger partial charge in [-0.05, 0) is 55.7 Å². The van der Waals surface area contributed by atoms with E-state index in [2.05, 4.69) is 30.7 Å². The van der Waals surface area contributed by atoms with Crippen molar-refractivity contribution in [1.82, 2.24) is 15.3 Å². The van der Waals surface area contributed by atoms with E-state index in [4.69, 9.17) is 11.6 Å². The topological polar surface area (TPSA) is 125 Å². The molecule has 1 unspecified atom stereocenters. The Hall–Kier alpha value is -4.25. The molecule has 3 amide bonds. The van der Waals surface area contributed by atoms with E-state index in [-0.39, 0.29) is 35.4 Å². The number of hydrogen-bond donors (Lipinski definition) is 4. The summed E-state index contributed by atoms with van der Waals surface area (Å²) in [6, 6.07) is 6.05. The van der Waals surface area contributed by atoms with Gasteiger partial charge in [0.05, 0.1) is 18.8 Å². The Bertz CT molecular complexity index is 1420. The normalized spacial score (nSPS) is 15.3. The zero-order chi connectivity index (χ0) is 27.4. The van der Waals surface area contributed by atoms with E-state index in [9.17, 15) is 23.2 Å². The predicted octanol–water partition coefficient (Wildman–Crippen LogP) is 5.64. The predicted molar refractivity (Wildman–Crippen MR) is 138 cm³/mol. The molecule has 3 aromatic rings. The molecule has 2 bridgehead atoms. The maximum atomic E-state index is 14.4. The van der Waals surface area contributed by atoms with Crippen LogP contribution < -0.4 is 16.0 Å². The number of nitrogens with one attached hydrogen (secondary N) is 4. The SMILES string of the molecule is COC(=O)Nc1ccc2c(c1)NC(=O)CCC=CCC(NC(=O)c1c(F)cc(C)cc1F)c1nc-2c(Cl)[nH]1. The zero-order valence-electron chi connectivity index (χ0n) is 20.5. The summed E-state index contributed by atoms with van der Waals surface area (Å²) in [5, 5.41) is 8.08. The van der Waals surface area contributed by atoms with Gasteiger partial charge in [0.25, 0.3) is 5.91 Å². The number of ether oxygens (including phenoxy) is 1. The number of aromatic nitrogens is 2. The van der Waals surface area contributed by atoms with Crippen LogP contribution >= 0.6 is 11.6 Å². The van der Waals surface area contributed by atoms with Crippen molar-refractivity contribution in [1.29, 1.82) is 0 Å². The van der Waals surface area contributed by atoms with Crippen molar-refractivity contribution in [3.63, 3.8) is 0 Å². The van der Waals surface area contributed by atoms with Crippen LogP contribution in [0.4, 0.5) is 25.0 Å². The molecule has 1 aliphatic rings. The first-order valence-corrected chi connectivity index (χ1v) is 12.0. The first-order valence-electron chi connectivity index (χ1n) is 11.6. The number of anilines is 2. The number of rotatable bonds is 3. The van der Waals surface area contributed by atoms with Gasteiger partial charge in [-0.1, -0.05) is 23.8 Å². The minimum Gasteiger partial charge on any atom is -0.453 e. The highest BCUT2D eigenvalue weighted by Gasteiger charge is 2.25. The maximum absolute atomic E-state index is 14.4. The molecular formula is C26H24ClF2N5O4. The number of nitrogens with zero attached hydrogens (tertiary/aromatic N) is 1. The molecule has 38 heavy (non-hydrogen) atoms. The zero-order valence-corrected chi connectivity index (χ0v) is 21.2. The molecule has 4 rings (SSSR count). The molecule has 12 heteroatoms. The van der Waals surface area contributed by atoms with Gasteiger partial charge < -0.3 is 20.4 Å². The van der Waals surface area contributed by atoms with Crippen molar-refractivity contribution in [3.05, 3.63) is 76.2 Å². The smallest absolute Gasteiger partial charge is 0.411 e. The molecule has 1 aliphatic heterocycles. The van der Waals surface area contributed by atoms with E-state index in [0.717, 1.165) is 12.1 Å². The number of benzene rings is 2. The summed E-state index contributed by atoms with van der Waals surface area (Å²) in [4.78, 5) is 44.6. The first-order chi connectivity index (χ1) is 18.2. The molecule has 9 nitrogen and oxygen atoms in total. The molecule has 0 saturated carbocycles. The summed E-state index contributed by atoms with van der Waals surface area (Å²) in [6.07, 6.45) is 3.56. The van der Waals surface area contributed by atoms with Gasteiger partial charge in [-0.3, -0.25) is 14.9 Å². The number of amides is 3. The van der Waals surface area contributed by atoms with Gasteiger partial charge in [0.2, 0.25) is 5.91 Å². The number of imidazole rings is 1. The standard InChI is InChI=1S/C26H24ClF2N5O4/c1-13-10-16(28)21(17(29)11-13)25(36)32-18-6-4-3-5-7-20(35)31-19-12-14(30-26(37)38-2)8-9-15(19)22-23(27)34-24(18)33-22/h3-4,8-12,18H,5-7H2,1-2H3,(H,30,37)(H,31,35)(H,32,36)(H,33,34). The number of allylic oxidation sites excluding steroid dienone is 1. The molecule has 2 aromatic carbocycles. The largest absolute Gasteiger partial charge is 0.453 e. The van der Waals surface area contributed by atoms with Crippen LogP contribution in [0.3, 0.4) is 0 Å². The molecule has 2 heterocycles. The molecular weight excluding hydrogens is 520 g/mol. The van der Waals surface area contributed by atoms with E-state index < -0.39 is 35.2 Å². The highest BCUT2D eigenvalue weighted by atomic mass is 35.5. The fraction of sp³-hybridized carbons (Fsp3) is 0.231. The number of aromatic amines is 1. The minimum absolute atomic E-state index is 0.108. The third kappa shape index (κ3) is 6.00. The molecule has 4 N–H and O–H groups in total. The Morgan fingerprint density at radius 3 is 2.61 bits per heavy atom. The number of halogens is 3. The fourth-order valence-corrected chi connectivity index (χ4v) is 4.22. The van der Waals surface area contributed by atoms with Gasteiger partial charge in [0.15, 0.2) is 0 Å². The van der Waals surface area contributed by atoms with Crippen molar-refractivity contribution < 1.29 is 27.9 Å². The van der Waals surface area contributed by atoms with E-state index in [0.29, 0.717) is 28.9 Å². The molecule has 0 saturated heterocycles. The number of H-pyrrole nitrogens is 1. The van der Waals surface area contributed by atoms with Gasteiger partial charge in [-0.2, -0.15) is 0 Å². The summed E-state index contributed by atoms with van der Waals surface area (Å²) in [6.45, 7) is 1.52. The number of fused-ring (bicyclic) bond motifs is 4. The van der Waals surface area contributed by atoms with Crippen LogP contribution in [0.15, 0.2) is 42.5 Å². The van der Waals surface area contributed by atoms with Crippen LogP contribution in [0.5, 0.6) is 0 Å². The van der Waals surface area contributed by atoms with Crippen molar-refractivity contribution >= 4 is 40.9 Å². The Labute approximate surface area is 221 Å². The lowest BCUT2D eigenvalue weighted by atomic mass is 10.1. The van der Waals surface area contributed by atoms with Crippen LogP contribution in [0.1, 0.15) is 47.1 Å². The van der Waals surface area contributed by atoms with E-state index in [1.807, 2.05) is 0 Å². The summed E-state index contributed by atoms with van der Waals surface area (Å²) in [7, 11) is 1.23. The quantitative estimate of drug-likeness (QED) is 0.318. The highest BCUT2D eigenvalue weighted by Crippen LogP contribution is 2.35. The Balaban J connectivity index is 1.73. The number of hydrogen-bond acceptors (Lipinski definition) is 5. The van der Waals surface area contributed by atoms with Crippen LogP contribution in [0.2, 0.25) is 5.15 Å². The maximum Gasteiger partial charge on any atom is 0.411 e. The first kappa shape index (κ1) is 26.8. The van der Waals surface area contributed by atoms with E-state index in [1.54, 1.807) is 24.3 Å². The summed E-state index contributed by atoms with van der Waals surface area (Å²) in [5.74, 6) is -2.95. The van der Waals surface area contributed by atoms with Crippen molar-refractivity contribution in [2.45, 2.75) is 32.2 Å². The lowest BCUT2D eigenvalue weighted by Gasteiger charge is -2.16. The average Bonchev–Trinajstić information content (AvgIpc) is 3.23. The molecule has 0 fully saturated rings. The van der Waals surface area contributed by atoms with Crippen LogP contribution in [0.25, 0.3) is 11.3 Å². The Morgan fingerprint density at radius 1 is 1.16 bits per heavy atom. The van der Waals surface area contributed by atoms with Crippen molar-refractivity contribution in [3.8, 4) is 11.3 Å². The number of aryl methyl sites for hydroxylation is 1. The lowest BCUT2D eigenvalue weighted by molar-refractivity contribution is -0.116. The summed E-state index contributed by atoms with van der Waals surface area (Å²) < 4.78 is 33.5. The van der Waals surface area contributed by atoms with Crippen molar-refractivity contribution in [2.75, 3.05) is 17.7 Å². The fourth-order valence-electron chi connectivity index (χ4n) is 3.98. The number of methoxy groups -OCH3 is 1. The Morgan fingerprint density at radius 2 is 1.89 bits per heavy atom. The second kappa shape index (κ2) is 11.4. The second-order valence-electron chi connectivity index (χ2n) is 8.59. The monoisotopic (exact) mass is 543 g/mol. The molecule has 0 radical (unpaired) electrons. The van der Waals surface area contributed by atoms with Crippen molar-refractivity contribution in [2.24, 2.45) is 0 Å². The van der Waals surface area contributed by atoms with Gasteiger partial charge >= 0.3 is 6.09 Å². The van der Waals surface area contributed by atoms with Crippen LogP contribution in [-0.4, -0.2) is 35.0 Å². The third-order valence-corrected chi connectivity index (χ3v) is 6.06. The van der Waals surface area contributed by atoms with Gasteiger partial charge in [-0.25, -0.2) is 18.6 Å². The van der Waals surface area contributed by atoms with Gasteiger partial charge in [0, 0.05) is 17.7 Å². The number of carbonyl (C=O) groups is 3. The molecule has 0 spiro atoms. The highest BCUT2D eigenvalue weighted by molar-refractivity contribution is 6.32. The van der Waals surface area contributed by atoms with Gasteiger partial charge in [-0.15, -0.1) is 0 Å². The van der Waals surface area contributed by atoms with Gasteiger partial charge in [0.1, 0.15) is 33.9 Å².